The summed E-state index contributed by atoms with van der Waals surface area (Å²) < 4.78 is 0. The molecule has 0 bridgehead atoms. The zero-order valence-corrected chi connectivity index (χ0v) is 13.2. The Balaban J connectivity index is 1.63. The summed E-state index contributed by atoms with van der Waals surface area (Å²) in [6, 6.07) is 7.90. The van der Waals surface area contributed by atoms with Crippen molar-refractivity contribution in [1.82, 2.24) is 10.2 Å². The van der Waals surface area contributed by atoms with E-state index in [1.54, 1.807) is 0 Å². The first-order valence-electron chi connectivity index (χ1n) is 7.64. The van der Waals surface area contributed by atoms with Crippen LogP contribution in [0.3, 0.4) is 0 Å². The second-order valence-electron chi connectivity index (χ2n) is 6.09. The normalized spacial score (nSPS) is 26.2. The van der Waals surface area contributed by atoms with Crippen LogP contribution in [0.2, 0.25) is 5.02 Å². The topological polar surface area (TPSA) is 35.6 Å². The van der Waals surface area contributed by atoms with E-state index in [0.29, 0.717) is 0 Å². The predicted molar refractivity (Wildman–Crippen MR) is 85.9 cm³/mol. The third-order valence-electron chi connectivity index (χ3n) is 4.60. The van der Waals surface area contributed by atoms with Gasteiger partial charge in [-0.15, -0.1) is 0 Å². The summed E-state index contributed by atoms with van der Waals surface area (Å²) in [7, 11) is 0. The van der Waals surface area contributed by atoms with E-state index in [2.05, 4.69) is 10.2 Å². The predicted octanol–water partition coefficient (Wildman–Crippen LogP) is 2.13. The Morgan fingerprint density at radius 3 is 2.57 bits per heavy atom. The van der Waals surface area contributed by atoms with E-state index in [4.69, 9.17) is 11.6 Å². The molecule has 0 aromatic heterocycles. The van der Waals surface area contributed by atoms with E-state index in [1.807, 2.05) is 36.1 Å². The van der Waals surface area contributed by atoms with E-state index in [-0.39, 0.29) is 11.4 Å². The van der Waals surface area contributed by atoms with E-state index in [0.717, 1.165) is 56.3 Å². The minimum Gasteiger partial charge on any atom is -0.367 e. The molecule has 114 valence electrons. The largest absolute Gasteiger partial charge is 0.367 e. The first-order chi connectivity index (χ1) is 10.1. The summed E-state index contributed by atoms with van der Waals surface area (Å²) in [6.45, 7) is 6.18. The van der Waals surface area contributed by atoms with Crippen LogP contribution in [-0.4, -0.2) is 49.1 Å². The SMILES string of the molecule is CC1(C(=O)N2CCN(c3ccccc3Cl)CC2)CCCN1. The van der Waals surface area contributed by atoms with Crippen LogP contribution in [0, 0.1) is 0 Å². The third kappa shape index (κ3) is 2.87. The first-order valence-corrected chi connectivity index (χ1v) is 8.02. The highest BCUT2D eigenvalue weighted by Gasteiger charge is 2.39. The van der Waals surface area contributed by atoms with E-state index >= 15 is 0 Å². The fourth-order valence-electron chi connectivity index (χ4n) is 3.28. The summed E-state index contributed by atoms with van der Waals surface area (Å²) >= 11 is 6.25. The zero-order chi connectivity index (χ0) is 14.9. The van der Waals surface area contributed by atoms with Crippen LogP contribution in [0.5, 0.6) is 0 Å². The number of anilines is 1. The summed E-state index contributed by atoms with van der Waals surface area (Å²) in [6.07, 6.45) is 2.03. The monoisotopic (exact) mass is 307 g/mol. The molecule has 1 aromatic carbocycles. The maximum Gasteiger partial charge on any atom is 0.242 e. The fraction of sp³-hybridized carbons (Fsp3) is 0.562. The number of para-hydroxylation sites is 1. The Hall–Kier alpha value is -1.26. The maximum atomic E-state index is 12.7. The van der Waals surface area contributed by atoms with Gasteiger partial charge in [0.05, 0.1) is 16.2 Å². The lowest BCUT2D eigenvalue weighted by atomic mass is 9.98. The van der Waals surface area contributed by atoms with Gasteiger partial charge in [0.15, 0.2) is 0 Å². The molecule has 0 spiro atoms. The summed E-state index contributed by atoms with van der Waals surface area (Å²) in [5.74, 6) is 0.249. The highest BCUT2D eigenvalue weighted by Crippen LogP contribution is 2.27. The molecule has 2 aliphatic heterocycles. The number of carbonyl (C=O) groups excluding carboxylic acids is 1. The van der Waals surface area contributed by atoms with Gasteiger partial charge in [0, 0.05) is 26.2 Å². The molecule has 0 aliphatic carbocycles. The van der Waals surface area contributed by atoms with Crippen molar-refractivity contribution in [2.24, 2.45) is 0 Å². The molecule has 1 aromatic rings. The molecule has 21 heavy (non-hydrogen) atoms. The Bertz CT molecular complexity index is 520. The van der Waals surface area contributed by atoms with Gasteiger partial charge < -0.3 is 15.1 Å². The van der Waals surface area contributed by atoms with Crippen molar-refractivity contribution in [2.45, 2.75) is 25.3 Å². The molecule has 4 nitrogen and oxygen atoms in total. The lowest BCUT2D eigenvalue weighted by Crippen LogP contribution is -2.58. The van der Waals surface area contributed by atoms with Crippen molar-refractivity contribution in [1.29, 1.82) is 0 Å². The molecule has 3 rings (SSSR count). The van der Waals surface area contributed by atoms with Crippen molar-refractivity contribution in [3.8, 4) is 0 Å². The fourth-order valence-corrected chi connectivity index (χ4v) is 3.54. The van der Waals surface area contributed by atoms with Crippen LogP contribution >= 0.6 is 11.6 Å². The van der Waals surface area contributed by atoms with Crippen LogP contribution in [0.1, 0.15) is 19.8 Å². The van der Waals surface area contributed by atoms with Gasteiger partial charge in [-0.3, -0.25) is 4.79 Å². The standard InChI is InChI=1S/C16H22ClN3O/c1-16(7-4-8-18-16)15(21)20-11-9-19(10-12-20)14-6-3-2-5-13(14)17/h2-3,5-6,18H,4,7-12H2,1H3. The smallest absolute Gasteiger partial charge is 0.242 e. The highest BCUT2D eigenvalue weighted by atomic mass is 35.5. The summed E-state index contributed by atoms with van der Waals surface area (Å²) in [5.41, 5.74) is 0.712. The Kier molecular flexibility index (Phi) is 4.09. The second-order valence-corrected chi connectivity index (χ2v) is 6.50. The van der Waals surface area contributed by atoms with E-state index in [9.17, 15) is 4.79 Å². The number of hydrogen-bond acceptors (Lipinski definition) is 3. The molecule has 1 amide bonds. The molecular formula is C16H22ClN3O. The molecule has 2 heterocycles. The first kappa shape index (κ1) is 14.7. The van der Waals surface area contributed by atoms with Crippen molar-refractivity contribution >= 4 is 23.2 Å². The number of benzene rings is 1. The number of carbonyl (C=O) groups is 1. The van der Waals surface area contributed by atoms with Crippen molar-refractivity contribution in [3.63, 3.8) is 0 Å². The molecule has 2 aliphatic rings. The molecule has 1 N–H and O–H groups in total. The van der Waals surface area contributed by atoms with Crippen LogP contribution in [-0.2, 0) is 4.79 Å². The lowest BCUT2D eigenvalue weighted by molar-refractivity contribution is -0.137. The molecule has 5 heteroatoms. The number of hydrogen-bond donors (Lipinski definition) is 1. The third-order valence-corrected chi connectivity index (χ3v) is 4.92. The quantitative estimate of drug-likeness (QED) is 0.909. The van der Waals surface area contributed by atoms with Crippen molar-refractivity contribution < 1.29 is 4.79 Å². The van der Waals surface area contributed by atoms with Crippen LogP contribution in [0.25, 0.3) is 0 Å². The second kappa shape index (κ2) is 5.85. The number of rotatable bonds is 2. The number of piperazine rings is 1. The van der Waals surface area contributed by atoms with Gasteiger partial charge in [-0.25, -0.2) is 0 Å². The summed E-state index contributed by atoms with van der Waals surface area (Å²) in [4.78, 5) is 16.9. The lowest BCUT2D eigenvalue weighted by Gasteiger charge is -2.39. The Labute approximate surface area is 131 Å². The van der Waals surface area contributed by atoms with E-state index < -0.39 is 0 Å². The molecule has 0 saturated carbocycles. The van der Waals surface area contributed by atoms with Crippen molar-refractivity contribution in [2.75, 3.05) is 37.6 Å². The van der Waals surface area contributed by atoms with Gasteiger partial charge in [-0.2, -0.15) is 0 Å². The van der Waals surface area contributed by atoms with Gasteiger partial charge in [0.2, 0.25) is 5.91 Å². The van der Waals surface area contributed by atoms with Crippen LogP contribution in [0.15, 0.2) is 24.3 Å². The molecule has 1 unspecified atom stereocenters. The van der Waals surface area contributed by atoms with Gasteiger partial charge in [-0.05, 0) is 38.4 Å². The average Bonchev–Trinajstić information content (AvgIpc) is 2.95. The van der Waals surface area contributed by atoms with Crippen LogP contribution < -0.4 is 10.2 Å². The number of nitrogens with one attached hydrogen (secondary N) is 1. The molecule has 2 fully saturated rings. The molecule has 1 atom stereocenters. The number of halogens is 1. The average molecular weight is 308 g/mol. The molecule has 0 radical (unpaired) electrons. The van der Waals surface area contributed by atoms with Gasteiger partial charge in [-0.1, -0.05) is 23.7 Å². The Morgan fingerprint density at radius 1 is 1.24 bits per heavy atom. The minimum absolute atomic E-state index is 0.249. The van der Waals surface area contributed by atoms with Crippen molar-refractivity contribution in [3.05, 3.63) is 29.3 Å². The van der Waals surface area contributed by atoms with Gasteiger partial charge >= 0.3 is 0 Å². The number of nitrogens with zero attached hydrogens (tertiary/aromatic N) is 2. The maximum absolute atomic E-state index is 12.7. The highest BCUT2D eigenvalue weighted by molar-refractivity contribution is 6.33. The summed E-state index contributed by atoms with van der Waals surface area (Å²) in [5, 5.41) is 4.14. The Morgan fingerprint density at radius 2 is 1.95 bits per heavy atom. The van der Waals surface area contributed by atoms with E-state index in [1.165, 1.54) is 0 Å². The molecule has 2 saturated heterocycles. The zero-order valence-electron chi connectivity index (χ0n) is 12.4. The molecular weight excluding hydrogens is 286 g/mol. The van der Waals surface area contributed by atoms with Gasteiger partial charge in [0.1, 0.15) is 0 Å². The van der Waals surface area contributed by atoms with Gasteiger partial charge in [0.25, 0.3) is 0 Å². The minimum atomic E-state index is -0.355. The number of amides is 1. The van der Waals surface area contributed by atoms with Crippen LogP contribution in [0.4, 0.5) is 5.69 Å².